The Kier molecular flexibility index (Phi) is 5.14. The molecule has 0 unspecified atom stereocenters. The Morgan fingerprint density at radius 3 is 2.55 bits per heavy atom. The lowest BCUT2D eigenvalue weighted by molar-refractivity contribution is 0.620. The van der Waals surface area contributed by atoms with E-state index in [0.717, 1.165) is 11.3 Å². The van der Waals surface area contributed by atoms with Crippen molar-refractivity contribution in [1.29, 1.82) is 5.26 Å². The molecule has 0 spiro atoms. The molecule has 2 aromatic rings. The van der Waals surface area contributed by atoms with Crippen LogP contribution < -0.4 is 4.90 Å². The zero-order valence-corrected chi connectivity index (χ0v) is 12.5. The number of anilines is 1. The number of nitrogens with zero attached hydrogens (tertiary/aromatic N) is 2. The van der Waals surface area contributed by atoms with Gasteiger partial charge in [-0.05, 0) is 45.8 Å². The second-order valence-corrected chi connectivity index (χ2v) is 5.27. The highest BCUT2D eigenvalue weighted by molar-refractivity contribution is 9.10. The first kappa shape index (κ1) is 14.5. The van der Waals surface area contributed by atoms with E-state index in [-0.39, 0.29) is 5.82 Å². The van der Waals surface area contributed by atoms with Gasteiger partial charge in [0.05, 0.1) is 17.0 Å². The molecular weight excluding hydrogens is 319 g/mol. The van der Waals surface area contributed by atoms with Crippen LogP contribution in [0.2, 0.25) is 0 Å². The summed E-state index contributed by atoms with van der Waals surface area (Å²) in [7, 11) is 0. The van der Waals surface area contributed by atoms with Crippen LogP contribution in [0.3, 0.4) is 0 Å². The quantitative estimate of drug-likeness (QED) is 0.805. The minimum Gasteiger partial charge on any atom is -0.366 e. The molecule has 0 N–H and O–H groups in total. The largest absolute Gasteiger partial charge is 0.366 e. The maximum absolute atomic E-state index is 13.3. The fourth-order valence-corrected chi connectivity index (χ4v) is 2.41. The van der Waals surface area contributed by atoms with Gasteiger partial charge >= 0.3 is 0 Å². The van der Waals surface area contributed by atoms with Crippen LogP contribution in [0.5, 0.6) is 0 Å². The number of halogens is 2. The van der Waals surface area contributed by atoms with E-state index in [9.17, 15) is 4.39 Å². The summed E-state index contributed by atoms with van der Waals surface area (Å²) in [5.74, 6) is -0.267. The average molecular weight is 333 g/mol. The Morgan fingerprint density at radius 1 is 1.15 bits per heavy atom. The summed E-state index contributed by atoms with van der Waals surface area (Å²) in [6, 6.07) is 17.1. The molecule has 102 valence electrons. The summed E-state index contributed by atoms with van der Waals surface area (Å²) in [5, 5.41) is 8.77. The van der Waals surface area contributed by atoms with Gasteiger partial charge in [-0.2, -0.15) is 5.26 Å². The Bertz CT molecular complexity index is 608. The highest BCUT2D eigenvalue weighted by Crippen LogP contribution is 2.21. The van der Waals surface area contributed by atoms with Crippen molar-refractivity contribution >= 4 is 21.6 Å². The zero-order chi connectivity index (χ0) is 14.4. The van der Waals surface area contributed by atoms with Gasteiger partial charge < -0.3 is 4.90 Å². The molecule has 0 aliphatic heterocycles. The third-order valence-electron chi connectivity index (χ3n) is 2.97. The van der Waals surface area contributed by atoms with Crippen molar-refractivity contribution < 1.29 is 4.39 Å². The predicted molar refractivity (Wildman–Crippen MR) is 81.8 cm³/mol. The van der Waals surface area contributed by atoms with E-state index in [4.69, 9.17) is 5.26 Å². The lowest BCUT2D eigenvalue weighted by Crippen LogP contribution is -2.23. The van der Waals surface area contributed by atoms with Crippen LogP contribution in [0, 0.1) is 17.1 Å². The molecule has 2 aromatic carbocycles. The van der Waals surface area contributed by atoms with Crippen molar-refractivity contribution in [3.8, 4) is 6.07 Å². The van der Waals surface area contributed by atoms with Crippen molar-refractivity contribution in [3.63, 3.8) is 0 Å². The van der Waals surface area contributed by atoms with Crippen LogP contribution in [-0.2, 0) is 6.54 Å². The van der Waals surface area contributed by atoms with Crippen LogP contribution in [0.1, 0.15) is 12.0 Å². The van der Waals surface area contributed by atoms with Crippen molar-refractivity contribution in [2.24, 2.45) is 0 Å². The Hall–Kier alpha value is -1.86. The van der Waals surface area contributed by atoms with E-state index in [0.29, 0.717) is 24.0 Å². The molecule has 0 aromatic heterocycles. The van der Waals surface area contributed by atoms with E-state index in [1.54, 1.807) is 12.1 Å². The second kappa shape index (κ2) is 7.06. The van der Waals surface area contributed by atoms with E-state index >= 15 is 0 Å². The Balaban J connectivity index is 2.19. The third kappa shape index (κ3) is 3.82. The lowest BCUT2D eigenvalue weighted by atomic mass is 10.2. The average Bonchev–Trinajstić information content (AvgIpc) is 2.48. The smallest absolute Gasteiger partial charge is 0.137 e. The Labute approximate surface area is 126 Å². The van der Waals surface area contributed by atoms with Gasteiger partial charge in [-0.25, -0.2) is 4.39 Å². The molecule has 0 bridgehead atoms. The summed E-state index contributed by atoms with van der Waals surface area (Å²) < 4.78 is 13.7. The number of benzene rings is 2. The number of rotatable bonds is 5. The zero-order valence-electron chi connectivity index (χ0n) is 10.9. The first-order valence-corrected chi connectivity index (χ1v) is 7.11. The van der Waals surface area contributed by atoms with E-state index in [1.807, 2.05) is 30.3 Å². The van der Waals surface area contributed by atoms with Crippen LogP contribution in [0.15, 0.2) is 53.0 Å². The summed E-state index contributed by atoms with van der Waals surface area (Å²) in [5.41, 5.74) is 2.06. The minimum atomic E-state index is -0.267. The normalized spacial score (nSPS) is 10.1. The molecule has 0 radical (unpaired) electrons. The number of para-hydroxylation sites is 1. The molecule has 2 nitrogen and oxygen atoms in total. The van der Waals surface area contributed by atoms with Gasteiger partial charge in [0.2, 0.25) is 0 Å². The molecule has 0 aliphatic carbocycles. The van der Waals surface area contributed by atoms with Crippen molar-refractivity contribution in [2.75, 3.05) is 11.4 Å². The fourth-order valence-electron chi connectivity index (χ4n) is 1.98. The van der Waals surface area contributed by atoms with E-state index < -0.39 is 0 Å². The maximum Gasteiger partial charge on any atom is 0.137 e. The van der Waals surface area contributed by atoms with Gasteiger partial charge in [0.1, 0.15) is 5.82 Å². The molecule has 0 atom stereocenters. The fraction of sp³-hybridized carbons (Fsp3) is 0.188. The first-order chi connectivity index (χ1) is 9.70. The highest BCUT2D eigenvalue weighted by Gasteiger charge is 2.08. The number of hydrogen-bond acceptors (Lipinski definition) is 2. The molecule has 0 saturated heterocycles. The van der Waals surface area contributed by atoms with Gasteiger partial charge in [-0.15, -0.1) is 0 Å². The molecule has 0 fully saturated rings. The van der Waals surface area contributed by atoms with Gasteiger partial charge in [-0.3, -0.25) is 0 Å². The summed E-state index contributed by atoms with van der Waals surface area (Å²) in [6.07, 6.45) is 0.456. The van der Waals surface area contributed by atoms with Crippen molar-refractivity contribution in [2.45, 2.75) is 13.0 Å². The molecule has 0 heterocycles. The van der Waals surface area contributed by atoms with Crippen molar-refractivity contribution in [1.82, 2.24) is 0 Å². The Morgan fingerprint density at radius 2 is 1.90 bits per heavy atom. The van der Waals surface area contributed by atoms with Gasteiger partial charge in [0, 0.05) is 18.8 Å². The molecule has 0 saturated carbocycles. The van der Waals surface area contributed by atoms with Crippen LogP contribution in [-0.4, -0.2) is 6.54 Å². The third-order valence-corrected chi connectivity index (χ3v) is 3.58. The van der Waals surface area contributed by atoms with Crippen LogP contribution in [0.4, 0.5) is 10.1 Å². The van der Waals surface area contributed by atoms with Crippen LogP contribution in [0.25, 0.3) is 0 Å². The summed E-state index contributed by atoms with van der Waals surface area (Å²) in [4.78, 5) is 2.11. The summed E-state index contributed by atoms with van der Waals surface area (Å²) >= 11 is 3.20. The minimum absolute atomic E-state index is 0.267. The first-order valence-electron chi connectivity index (χ1n) is 6.31. The number of hydrogen-bond donors (Lipinski definition) is 0. The standard InChI is InChI=1S/C16H14BrFN2/c17-15-11-13(7-8-16(15)18)12-20(10-4-9-19)14-5-2-1-3-6-14/h1-3,5-8,11H,4,10,12H2. The van der Waals surface area contributed by atoms with E-state index in [1.165, 1.54) is 6.07 Å². The lowest BCUT2D eigenvalue weighted by Gasteiger charge is -2.24. The van der Waals surface area contributed by atoms with Crippen molar-refractivity contribution in [3.05, 3.63) is 64.4 Å². The monoisotopic (exact) mass is 332 g/mol. The molecule has 20 heavy (non-hydrogen) atoms. The van der Waals surface area contributed by atoms with E-state index in [2.05, 4.69) is 26.9 Å². The molecule has 0 aliphatic rings. The predicted octanol–water partition coefficient (Wildman–Crippen LogP) is 4.51. The summed E-state index contributed by atoms with van der Waals surface area (Å²) in [6.45, 7) is 1.29. The number of nitriles is 1. The molecular formula is C16H14BrFN2. The topological polar surface area (TPSA) is 27.0 Å². The molecule has 2 rings (SSSR count). The van der Waals surface area contributed by atoms with Gasteiger partial charge in [-0.1, -0.05) is 24.3 Å². The van der Waals surface area contributed by atoms with Gasteiger partial charge in [0.25, 0.3) is 0 Å². The van der Waals surface area contributed by atoms with Crippen LogP contribution >= 0.6 is 15.9 Å². The molecule has 4 heteroatoms. The second-order valence-electron chi connectivity index (χ2n) is 4.41. The molecule has 0 amide bonds. The maximum atomic E-state index is 13.3. The SMILES string of the molecule is N#CCCN(Cc1ccc(F)c(Br)c1)c1ccccc1. The van der Waals surface area contributed by atoms with Gasteiger partial charge in [0.15, 0.2) is 0 Å². The highest BCUT2D eigenvalue weighted by atomic mass is 79.9.